The van der Waals surface area contributed by atoms with Gasteiger partial charge in [-0.25, -0.2) is 13.4 Å². The summed E-state index contributed by atoms with van der Waals surface area (Å²) in [4.78, 5) is 6.84. The lowest BCUT2D eigenvalue weighted by Crippen LogP contribution is -2.56. The van der Waals surface area contributed by atoms with Gasteiger partial charge in [0.25, 0.3) is 0 Å². The first-order valence-electron chi connectivity index (χ1n) is 7.12. The molecule has 1 fully saturated rings. The minimum Gasteiger partial charge on any atom is -0.350 e. The van der Waals surface area contributed by atoms with Crippen LogP contribution in [0.4, 0.5) is 5.82 Å². The molecule has 0 bridgehead atoms. The van der Waals surface area contributed by atoms with Crippen molar-refractivity contribution in [1.29, 1.82) is 0 Å². The van der Waals surface area contributed by atoms with Crippen LogP contribution in [0.1, 0.15) is 26.7 Å². The highest BCUT2D eigenvalue weighted by molar-refractivity contribution is 7.90. The second-order valence-electron chi connectivity index (χ2n) is 5.33. The number of pyridine rings is 1. The largest absolute Gasteiger partial charge is 0.350 e. The van der Waals surface area contributed by atoms with Crippen LogP contribution >= 0.6 is 0 Å². The van der Waals surface area contributed by atoms with Crippen LogP contribution in [0.3, 0.4) is 0 Å². The van der Waals surface area contributed by atoms with E-state index in [9.17, 15) is 8.42 Å². The fraction of sp³-hybridized carbons (Fsp3) is 0.643. The Bertz CT molecular complexity index is 559. The van der Waals surface area contributed by atoms with E-state index in [1.54, 1.807) is 18.3 Å². The van der Waals surface area contributed by atoms with E-state index in [4.69, 9.17) is 0 Å². The van der Waals surface area contributed by atoms with Gasteiger partial charge in [0.15, 0.2) is 9.84 Å². The molecule has 0 saturated carbocycles. The van der Waals surface area contributed by atoms with Crippen molar-refractivity contribution in [1.82, 2.24) is 10.3 Å². The van der Waals surface area contributed by atoms with Crippen LogP contribution < -0.4 is 10.2 Å². The number of sulfone groups is 1. The molecule has 0 radical (unpaired) electrons. The fourth-order valence-electron chi connectivity index (χ4n) is 2.65. The van der Waals surface area contributed by atoms with Crippen molar-refractivity contribution in [2.45, 2.75) is 43.7 Å². The molecule has 1 aromatic heterocycles. The van der Waals surface area contributed by atoms with Gasteiger partial charge < -0.3 is 10.2 Å². The normalized spacial score (nSPS) is 23.9. The first-order chi connectivity index (χ1) is 9.47. The number of hydrogen-bond donors (Lipinski definition) is 1. The summed E-state index contributed by atoms with van der Waals surface area (Å²) in [6, 6.07) is 3.99. The van der Waals surface area contributed by atoms with E-state index in [-0.39, 0.29) is 6.04 Å². The second-order valence-corrected chi connectivity index (χ2v) is 7.31. The number of anilines is 1. The Labute approximate surface area is 121 Å². The van der Waals surface area contributed by atoms with Crippen LogP contribution in [0.25, 0.3) is 0 Å². The van der Waals surface area contributed by atoms with E-state index in [1.807, 2.05) is 0 Å². The molecule has 0 aliphatic carbocycles. The third kappa shape index (κ3) is 3.12. The van der Waals surface area contributed by atoms with E-state index < -0.39 is 9.84 Å². The summed E-state index contributed by atoms with van der Waals surface area (Å²) in [5.41, 5.74) is 0. The van der Waals surface area contributed by atoms with E-state index in [2.05, 4.69) is 29.0 Å². The van der Waals surface area contributed by atoms with E-state index in [0.29, 0.717) is 16.8 Å². The summed E-state index contributed by atoms with van der Waals surface area (Å²) in [5.74, 6) is 0.599. The van der Waals surface area contributed by atoms with Gasteiger partial charge >= 0.3 is 0 Å². The minimum absolute atomic E-state index is 0.285. The highest BCUT2D eigenvalue weighted by Gasteiger charge is 2.30. The van der Waals surface area contributed by atoms with Crippen molar-refractivity contribution < 1.29 is 8.42 Å². The van der Waals surface area contributed by atoms with Gasteiger partial charge in [-0.2, -0.15) is 0 Å². The number of hydrogen-bond acceptors (Lipinski definition) is 5. The molecular formula is C14H23N3O2S. The fourth-order valence-corrected chi connectivity index (χ4v) is 3.48. The maximum absolute atomic E-state index is 12.0. The topological polar surface area (TPSA) is 62.3 Å². The molecule has 0 aromatic carbocycles. The Balaban J connectivity index is 2.42. The van der Waals surface area contributed by atoms with Gasteiger partial charge in [0.05, 0.1) is 0 Å². The summed E-state index contributed by atoms with van der Waals surface area (Å²) in [6.07, 6.45) is 4.89. The first kappa shape index (κ1) is 15.3. The molecule has 2 atom stereocenters. The lowest BCUT2D eigenvalue weighted by atomic mass is 10.1. The number of nitrogens with one attached hydrogen (secondary N) is 1. The number of nitrogens with zero attached hydrogens (tertiary/aromatic N) is 2. The van der Waals surface area contributed by atoms with E-state index in [0.717, 1.165) is 25.9 Å². The Hall–Kier alpha value is -1.14. The molecule has 20 heavy (non-hydrogen) atoms. The Kier molecular flexibility index (Phi) is 4.65. The number of rotatable bonds is 4. The zero-order valence-corrected chi connectivity index (χ0v) is 13.2. The second kappa shape index (κ2) is 6.10. The van der Waals surface area contributed by atoms with Crippen LogP contribution in [0.2, 0.25) is 0 Å². The van der Waals surface area contributed by atoms with Gasteiger partial charge in [-0.3, -0.25) is 0 Å². The van der Waals surface area contributed by atoms with Gasteiger partial charge in [0, 0.05) is 37.6 Å². The van der Waals surface area contributed by atoms with Crippen molar-refractivity contribution >= 4 is 15.7 Å². The van der Waals surface area contributed by atoms with Crippen molar-refractivity contribution in [3.8, 4) is 0 Å². The summed E-state index contributed by atoms with van der Waals surface area (Å²) in [6.45, 7) is 5.93. The molecule has 0 spiro atoms. The van der Waals surface area contributed by atoms with E-state index in [1.165, 1.54) is 6.26 Å². The van der Waals surface area contributed by atoms with Gasteiger partial charge in [0.2, 0.25) is 0 Å². The average Bonchev–Trinajstić information content (AvgIpc) is 2.45. The van der Waals surface area contributed by atoms with Crippen molar-refractivity contribution in [2.75, 3.05) is 24.2 Å². The predicted molar refractivity (Wildman–Crippen MR) is 80.9 cm³/mol. The van der Waals surface area contributed by atoms with E-state index >= 15 is 0 Å². The summed E-state index contributed by atoms with van der Waals surface area (Å²) in [5, 5.41) is 3.51. The molecule has 1 saturated heterocycles. The molecule has 112 valence electrons. The van der Waals surface area contributed by atoms with Crippen molar-refractivity contribution in [3.05, 3.63) is 18.3 Å². The van der Waals surface area contributed by atoms with Crippen LogP contribution in [0, 0.1) is 0 Å². The quantitative estimate of drug-likeness (QED) is 0.911. The Morgan fingerprint density at radius 2 is 2.15 bits per heavy atom. The highest BCUT2D eigenvalue weighted by atomic mass is 32.2. The zero-order chi connectivity index (χ0) is 14.8. The molecule has 1 aliphatic rings. The lowest BCUT2D eigenvalue weighted by Gasteiger charge is -2.41. The molecule has 5 nitrogen and oxygen atoms in total. The zero-order valence-electron chi connectivity index (χ0n) is 12.3. The SMILES string of the molecule is CCC1CN(c2ncccc2S(C)(=O)=O)C(CC)CN1. The molecule has 2 unspecified atom stereocenters. The Morgan fingerprint density at radius 3 is 2.75 bits per heavy atom. The molecule has 2 heterocycles. The molecular weight excluding hydrogens is 274 g/mol. The number of piperazine rings is 1. The lowest BCUT2D eigenvalue weighted by molar-refractivity contribution is 0.375. The van der Waals surface area contributed by atoms with Crippen molar-refractivity contribution in [3.63, 3.8) is 0 Å². The van der Waals surface area contributed by atoms with Gasteiger partial charge in [-0.05, 0) is 25.0 Å². The minimum atomic E-state index is -3.26. The standard InChI is InChI=1S/C14H23N3O2S/c1-4-11-10-17(12(5-2)9-16-11)14-13(20(3,18)19)7-6-8-15-14/h6-8,11-12,16H,4-5,9-10H2,1-3H3. The van der Waals surface area contributed by atoms with Crippen LogP contribution in [0.15, 0.2) is 23.2 Å². The summed E-state index contributed by atoms with van der Waals surface area (Å²) >= 11 is 0. The smallest absolute Gasteiger partial charge is 0.179 e. The van der Waals surface area contributed by atoms with Crippen LogP contribution in [0.5, 0.6) is 0 Å². The van der Waals surface area contributed by atoms with Crippen molar-refractivity contribution in [2.24, 2.45) is 0 Å². The third-order valence-electron chi connectivity index (χ3n) is 3.89. The van der Waals surface area contributed by atoms with Gasteiger partial charge in [-0.1, -0.05) is 13.8 Å². The molecule has 2 rings (SSSR count). The molecule has 0 amide bonds. The predicted octanol–water partition coefficient (Wildman–Crippen LogP) is 1.45. The molecule has 1 N–H and O–H groups in total. The third-order valence-corrected chi connectivity index (χ3v) is 5.00. The Morgan fingerprint density at radius 1 is 1.40 bits per heavy atom. The summed E-state index contributed by atoms with van der Waals surface area (Å²) in [7, 11) is -3.26. The van der Waals surface area contributed by atoms with Gasteiger partial charge in [-0.15, -0.1) is 0 Å². The monoisotopic (exact) mass is 297 g/mol. The average molecular weight is 297 g/mol. The maximum atomic E-state index is 12.0. The first-order valence-corrected chi connectivity index (χ1v) is 9.01. The summed E-state index contributed by atoms with van der Waals surface area (Å²) < 4.78 is 23.9. The molecule has 1 aliphatic heterocycles. The highest BCUT2D eigenvalue weighted by Crippen LogP contribution is 2.26. The van der Waals surface area contributed by atoms with Gasteiger partial charge in [0.1, 0.15) is 10.7 Å². The maximum Gasteiger partial charge on any atom is 0.179 e. The molecule has 6 heteroatoms. The van der Waals surface area contributed by atoms with Crippen LogP contribution in [-0.2, 0) is 9.84 Å². The molecule has 1 aromatic rings. The number of aromatic nitrogens is 1. The van der Waals surface area contributed by atoms with Crippen LogP contribution in [-0.4, -0.2) is 44.8 Å².